The molecule has 0 amide bonds. The predicted octanol–water partition coefficient (Wildman–Crippen LogP) is 3.46. The zero-order valence-electron chi connectivity index (χ0n) is 13.4. The van der Waals surface area contributed by atoms with Crippen LogP contribution in [0.1, 0.15) is 24.6 Å². The summed E-state index contributed by atoms with van der Waals surface area (Å²) in [6.45, 7) is 2.99. The Morgan fingerprint density at radius 1 is 1.39 bits per heavy atom. The fourth-order valence-electron chi connectivity index (χ4n) is 3.77. The number of hydrogen-bond acceptors (Lipinski definition) is 3. The zero-order chi connectivity index (χ0) is 16.0. The molecule has 2 aromatic rings. The summed E-state index contributed by atoms with van der Waals surface area (Å²) in [7, 11) is 1.46. The van der Waals surface area contributed by atoms with Gasteiger partial charge in [0.15, 0.2) is 0 Å². The lowest BCUT2D eigenvalue weighted by atomic mass is 9.87. The molecule has 1 aromatic heterocycles. The standard InChI is InChI=1S/C19H20N2O2/c1-3-12-8-10-21-11-9-14-13-6-4-5-7-15(13)20-17(14)18(21)16(12)19(22)23-2/h4-8,10,12,20H,3,9,11H2,1-2H3/t12-/m1/s1. The van der Waals surface area contributed by atoms with E-state index in [4.69, 9.17) is 4.74 Å². The molecule has 2 aliphatic rings. The average molecular weight is 308 g/mol. The Balaban J connectivity index is 2.00. The topological polar surface area (TPSA) is 45.3 Å². The molecule has 4 rings (SSSR count). The number of fused-ring (bicyclic) bond motifs is 5. The number of para-hydroxylation sites is 1. The van der Waals surface area contributed by atoms with Crippen molar-refractivity contribution in [1.82, 2.24) is 9.88 Å². The number of carbonyl (C=O) groups excluding carboxylic acids is 1. The van der Waals surface area contributed by atoms with Gasteiger partial charge in [0, 0.05) is 29.6 Å². The number of hydrogen-bond donors (Lipinski definition) is 1. The molecule has 0 aliphatic carbocycles. The van der Waals surface area contributed by atoms with Crippen LogP contribution in [0.25, 0.3) is 16.6 Å². The van der Waals surface area contributed by atoms with E-state index in [1.54, 1.807) is 0 Å². The SMILES string of the molecule is CC[C@@H]1C=CN2CCc3c([nH]c4ccccc34)C2=C1C(=O)OC. The molecule has 0 fully saturated rings. The van der Waals surface area contributed by atoms with Crippen LogP contribution in [0.2, 0.25) is 0 Å². The van der Waals surface area contributed by atoms with Gasteiger partial charge in [-0.25, -0.2) is 4.79 Å². The fraction of sp³-hybridized carbons (Fsp3) is 0.316. The zero-order valence-corrected chi connectivity index (χ0v) is 13.4. The van der Waals surface area contributed by atoms with Crippen LogP contribution < -0.4 is 0 Å². The fourth-order valence-corrected chi connectivity index (χ4v) is 3.77. The molecule has 4 heteroatoms. The number of benzene rings is 1. The minimum atomic E-state index is -0.229. The lowest BCUT2D eigenvalue weighted by molar-refractivity contribution is -0.136. The van der Waals surface area contributed by atoms with Crippen LogP contribution in [0.15, 0.2) is 42.1 Å². The Bertz CT molecular complexity index is 844. The number of nitrogens with zero attached hydrogens (tertiary/aromatic N) is 1. The maximum atomic E-state index is 12.5. The first kappa shape index (κ1) is 14.1. The van der Waals surface area contributed by atoms with E-state index in [0.29, 0.717) is 0 Å². The van der Waals surface area contributed by atoms with Crippen LogP contribution in [0, 0.1) is 5.92 Å². The van der Waals surface area contributed by atoms with Gasteiger partial charge in [0.2, 0.25) is 0 Å². The van der Waals surface area contributed by atoms with Gasteiger partial charge >= 0.3 is 5.97 Å². The van der Waals surface area contributed by atoms with Gasteiger partial charge in [-0.15, -0.1) is 0 Å². The quantitative estimate of drug-likeness (QED) is 0.864. The van der Waals surface area contributed by atoms with Crippen molar-refractivity contribution in [2.75, 3.05) is 13.7 Å². The second-order valence-corrected chi connectivity index (χ2v) is 6.08. The van der Waals surface area contributed by atoms with Crippen molar-refractivity contribution in [1.29, 1.82) is 0 Å². The third kappa shape index (κ3) is 2.01. The van der Waals surface area contributed by atoms with E-state index in [-0.39, 0.29) is 11.9 Å². The molecule has 0 bridgehead atoms. The minimum absolute atomic E-state index is 0.103. The number of allylic oxidation sites excluding steroid dienone is 1. The van der Waals surface area contributed by atoms with E-state index in [9.17, 15) is 4.79 Å². The van der Waals surface area contributed by atoms with Gasteiger partial charge in [-0.1, -0.05) is 31.2 Å². The van der Waals surface area contributed by atoms with Crippen molar-refractivity contribution in [3.05, 3.63) is 53.4 Å². The van der Waals surface area contributed by atoms with Crippen LogP contribution in [-0.2, 0) is 16.0 Å². The number of ether oxygens (including phenoxy) is 1. The van der Waals surface area contributed by atoms with Gasteiger partial charge in [-0.3, -0.25) is 0 Å². The van der Waals surface area contributed by atoms with Crippen molar-refractivity contribution in [3.63, 3.8) is 0 Å². The highest BCUT2D eigenvalue weighted by molar-refractivity contribution is 6.01. The number of rotatable bonds is 2. The molecule has 0 saturated heterocycles. The predicted molar refractivity (Wildman–Crippen MR) is 90.6 cm³/mol. The summed E-state index contributed by atoms with van der Waals surface area (Å²) in [6.07, 6.45) is 6.08. The molecule has 1 atom stereocenters. The molecule has 2 aliphatic heterocycles. The number of carbonyl (C=O) groups is 1. The number of aromatic amines is 1. The largest absolute Gasteiger partial charge is 0.466 e. The summed E-state index contributed by atoms with van der Waals surface area (Å²) in [4.78, 5) is 18.2. The Labute approximate surface area is 135 Å². The van der Waals surface area contributed by atoms with E-state index in [2.05, 4.69) is 47.3 Å². The number of aromatic nitrogens is 1. The van der Waals surface area contributed by atoms with Crippen LogP contribution in [0.4, 0.5) is 0 Å². The van der Waals surface area contributed by atoms with Gasteiger partial charge in [-0.05, 0) is 24.5 Å². The lowest BCUT2D eigenvalue weighted by Gasteiger charge is -2.35. The normalized spacial score (nSPS) is 19.7. The van der Waals surface area contributed by atoms with Crippen LogP contribution in [0.3, 0.4) is 0 Å². The molecule has 23 heavy (non-hydrogen) atoms. The van der Waals surface area contributed by atoms with Gasteiger partial charge < -0.3 is 14.6 Å². The molecule has 0 spiro atoms. The molecular weight excluding hydrogens is 288 g/mol. The van der Waals surface area contributed by atoms with Crippen LogP contribution in [0.5, 0.6) is 0 Å². The van der Waals surface area contributed by atoms with Crippen molar-refractivity contribution in [2.45, 2.75) is 19.8 Å². The lowest BCUT2D eigenvalue weighted by Crippen LogP contribution is -2.32. The molecule has 118 valence electrons. The van der Waals surface area contributed by atoms with Gasteiger partial charge in [0.05, 0.1) is 24.1 Å². The van der Waals surface area contributed by atoms with Gasteiger partial charge in [0.1, 0.15) is 0 Å². The molecule has 0 radical (unpaired) electrons. The van der Waals surface area contributed by atoms with Crippen molar-refractivity contribution >= 4 is 22.6 Å². The van der Waals surface area contributed by atoms with Crippen LogP contribution >= 0.6 is 0 Å². The van der Waals surface area contributed by atoms with E-state index < -0.39 is 0 Å². The molecular formula is C19H20N2O2. The second kappa shape index (κ2) is 5.30. The van der Waals surface area contributed by atoms with Crippen molar-refractivity contribution < 1.29 is 9.53 Å². The third-order valence-electron chi connectivity index (χ3n) is 4.91. The summed E-state index contributed by atoms with van der Waals surface area (Å²) in [5, 5.41) is 1.25. The molecule has 1 N–H and O–H groups in total. The first-order valence-corrected chi connectivity index (χ1v) is 8.12. The highest BCUT2D eigenvalue weighted by atomic mass is 16.5. The maximum absolute atomic E-state index is 12.5. The second-order valence-electron chi connectivity index (χ2n) is 6.08. The Hall–Kier alpha value is -2.49. The number of esters is 1. The first-order valence-electron chi connectivity index (χ1n) is 8.12. The first-order chi connectivity index (χ1) is 11.2. The van der Waals surface area contributed by atoms with Gasteiger partial charge in [0.25, 0.3) is 0 Å². The van der Waals surface area contributed by atoms with Crippen molar-refractivity contribution in [2.24, 2.45) is 5.92 Å². The average Bonchev–Trinajstić information content (AvgIpc) is 2.98. The number of H-pyrrole nitrogens is 1. The minimum Gasteiger partial charge on any atom is -0.466 e. The van der Waals surface area contributed by atoms with E-state index in [1.165, 1.54) is 18.1 Å². The Kier molecular flexibility index (Phi) is 3.26. The Morgan fingerprint density at radius 2 is 2.22 bits per heavy atom. The molecule has 1 aromatic carbocycles. The third-order valence-corrected chi connectivity index (χ3v) is 4.91. The summed E-state index contributed by atoms with van der Waals surface area (Å²) in [5.41, 5.74) is 5.26. The molecule has 4 nitrogen and oxygen atoms in total. The van der Waals surface area contributed by atoms with Gasteiger partial charge in [-0.2, -0.15) is 0 Å². The highest BCUT2D eigenvalue weighted by Crippen LogP contribution is 2.40. The molecule has 3 heterocycles. The number of nitrogens with one attached hydrogen (secondary N) is 1. The molecule has 0 unspecified atom stereocenters. The summed E-state index contributed by atoms with van der Waals surface area (Å²) >= 11 is 0. The Morgan fingerprint density at radius 3 is 3.00 bits per heavy atom. The van der Waals surface area contributed by atoms with Crippen molar-refractivity contribution in [3.8, 4) is 0 Å². The maximum Gasteiger partial charge on any atom is 0.336 e. The summed E-state index contributed by atoms with van der Waals surface area (Å²) in [6, 6.07) is 8.34. The molecule has 0 saturated carbocycles. The van der Waals surface area contributed by atoms with E-state index in [0.717, 1.165) is 41.9 Å². The smallest absolute Gasteiger partial charge is 0.336 e. The van der Waals surface area contributed by atoms with E-state index >= 15 is 0 Å². The monoisotopic (exact) mass is 308 g/mol. The highest BCUT2D eigenvalue weighted by Gasteiger charge is 2.34. The van der Waals surface area contributed by atoms with Crippen LogP contribution in [-0.4, -0.2) is 29.5 Å². The summed E-state index contributed by atoms with van der Waals surface area (Å²) in [5.74, 6) is -0.126. The summed E-state index contributed by atoms with van der Waals surface area (Å²) < 4.78 is 5.09. The number of methoxy groups -OCH3 is 1. The van der Waals surface area contributed by atoms with E-state index in [1.807, 2.05) is 6.07 Å².